The molecule has 2 aromatic rings. The fourth-order valence-corrected chi connectivity index (χ4v) is 3.22. The van der Waals surface area contributed by atoms with Gasteiger partial charge in [-0.1, -0.05) is 29.3 Å². The van der Waals surface area contributed by atoms with Crippen LogP contribution in [0.2, 0.25) is 10.0 Å². The maximum absolute atomic E-state index is 14.2. The highest BCUT2D eigenvalue weighted by atomic mass is 35.5. The number of halogens is 4. The summed E-state index contributed by atoms with van der Waals surface area (Å²) < 4.78 is 29.8. The van der Waals surface area contributed by atoms with E-state index in [4.69, 9.17) is 28.3 Å². The molecule has 0 saturated carbocycles. The topological polar surface area (TPSA) is 55.1 Å². The maximum Gasteiger partial charge on any atom is 0.328 e. The Labute approximate surface area is 146 Å². The van der Waals surface area contributed by atoms with Gasteiger partial charge in [-0.05, 0) is 29.7 Å². The second-order valence-corrected chi connectivity index (χ2v) is 6.36. The highest BCUT2D eigenvalue weighted by molar-refractivity contribution is 6.35. The van der Waals surface area contributed by atoms with Gasteiger partial charge in [0.1, 0.15) is 0 Å². The predicted octanol–water partition coefficient (Wildman–Crippen LogP) is 4.29. The van der Waals surface area contributed by atoms with Crippen LogP contribution < -0.4 is 0 Å². The number of carboxylic acid groups (broad SMARTS) is 1. The van der Waals surface area contributed by atoms with Gasteiger partial charge in [0, 0.05) is 22.5 Å². The number of rotatable bonds is 3. The van der Waals surface area contributed by atoms with Crippen molar-refractivity contribution in [1.82, 2.24) is 9.78 Å². The van der Waals surface area contributed by atoms with Crippen molar-refractivity contribution in [2.75, 3.05) is 0 Å². The Bertz CT molecular complexity index is 847. The Balaban J connectivity index is 2.07. The van der Waals surface area contributed by atoms with Crippen LogP contribution in [0.15, 0.2) is 30.5 Å². The van der Waals surface area contributed by atoms with Crippen LogP contribution in [0.5, 0.6) is 0 Å². The Kier molecular flexibility index (Phi) is 4.36. The van der Waals surface area contributed by atoms with E-state index < -0.39 is 23.9 Å². The number of aryl methyl sites for hydroxylation is 1. The molecule has 8 heteroatoms. The van der Waals surface area contributed by atoms with E-state index in [2.05, 4.69) is 5.10 Å². The molecule has 0 fully saturated rings. The van der Waals surface area contributed by atoms with Gasteiger partial charge in [-0.25, -0.2) is 13.6 Å². The molecule has 1 N–H and O–H groups in total. The molecule has 1 aromatic heterocycles. The van der Waals surface area contributed by atoms with Crippen molar-refractivity contribution in [3.63, 3.8) is 0 Å². The number of carbonyl (C=O) groups is 1. The van der Waals surface area contributed by atoms with Crippen molar-refractivity contribution in [2.45, 2.75) is 25.3 Å². The van der Waals surface area contributed by atoms with Gasteiger partial charge in [-0.2, -0.15) is 5.10 Å². The predicted molar refractivity (Wildman–Crippen MR) is 86.7 cm³/mol. The first-order valence-electron chi connectivity index (χ1n) is 7.10. The van der Waals surface area contributed by atoms with Crippen LogP contribution in [0, 0.1) is 0 Å². The van der Waals surface area contributed by atoms with E-state index in [0.29, 0.717) is 27.2 Å². The molecule has 0 spiro atoms. The number of allylic oxidation sites excluding steroid dienone is 1. The van der Waals surface area contributed by atoms with Crippen molar-refractivity contribution in [3.05, 3.63) is 57.3 Å². The van der Waals surface area contributed by atoms with Crippen LogP contribution in [0.4, 0.5) is 8.78 Å². The van der Waals surface area contributed by atoms with E-state index in [1.54, 1.807) is 18.2 Å². The van der Waals surface area contributed by atoms with E-state index in [1.165, 1.54) is 10.9 Å². The standard InChI is InChI=1S/C16H12Cl2F2N2O2/c17-11-2-1-10(13(18)5-11)8-22-15-9(7-21-22)3-4-16(19,20)12(15)6-14(23)24/h1-2,5-7H,3-4,8H2,(H,23,24). The molecule has 0 amide bonds. The second kappa shape index (κ2) is 6.18. The van der Waals surface area contributed by atoms with Crippen molar-refractivity contribution in [3.8, 4) is 0 Å². The molecule has 0 atom stereocenters. The lowest BCUT2D eigenvalue weighted by molar-refractivity contribution is -0.131. The molecular formula is C16H12Cl2F2N2O2. The van der Waals surface area contributed by atoms with Gasteiger partial charge in [-0.3, -0.25) is 4.68 Å². The minimum Gasteiger partial charge on any atom is -0.478 e. The van der Waals surface area contributed by atoms with Gasteiger partial charge in [0.25, 0.3) is 5.92 Å². The van der Waals surface area contributed by atoms with Crippen LogP contribution in [0.3, 0.4) is 0 Å². The molecule has 1 heterocycles. The molecule has 1 aliphatic rings. The summed E-state index contributed by atoms with van der Waals surface area (Å²) in [6.45, 7) is 0.137. The highest BCUT2D eigenvalue weighted by Gasteiger charge is 2.42. The van der Waals surface area contributed by atoms with Gasteiger partial charge in [0.05, 0.1) is 24.0 Å². The first-order chi connectivity index (χ1) is 11.3. The summed E-state index contributed by atoms with van der Waals surface area (Å²) in [6.07, 6.45) is 1.74. The molecule has 0 radical (unpaired) electrons. The molecule has 1 aromatic carbocycles. The molecule has 4 nitrogen and oxygen atoms in total. The molecule has 0 bridgehead atoms. The minimum absolute atomic E-state index is 0.133. The van der Waals surface area contributed by atoms with Crippen molar-refractivity contribution < 1.29 is 18.7 Å². The first-order valence-corrected chi connectivity index (χ1v) is 7.85. The van der Waals surface area contributed by atoms with Crippen molar-refractivity contribution in [2.24, 2.45) is 0 Å². The smallest absolute Gasteiger partial charge is 0.328 e. The summed E-state index contributed by atoms with van der Waals surface area (Å²) in [7, 11) is 0. The maximum atomic E-state index is 14.2. The number of alkyl halides is 2. The first kappa shape index (κ1) is 16.9. The van der Waals surface area contributed by atoms with Crippen LogP contribution in [-0.4, -0.2) is 26.8 Å². The zero-order chi connectivity index (χ0) is 17.5. The molecule has 24 heavy (non-hydrogen) atoms. The lowest BCUT2D eigenvalue weighted by Gasteiger charge is -2.26. The third kappa shape index (κ3) is 3.16. The summed E-state index contributed by atoms with van der Waals surface area (Å²) in [4.78, 5) is 11.0. The number of aromatic nitrogens is 2. The van der Waals surface area contributed by atoms with Crippen LogP contribution in [0.25, 0.3) is 5.57 Å². The fourth-order valence-electron chi connectivity index (χ4n) is 2.75. The number of benzene rings is 1. The van der Waals surface area contributed by atoms with Crippen LogP contribution in [0.1, 0.15) is 23.2 Å². The average Bonchev–Trinajstić information content (AvgIpc) is 2.88. The minimum atomic E-state index is -3.22. The quantitative estimate of drug-likeness (QED) is 0.817. The summed E-state index contributed by atoms with van der Waals surface area (Å²) >= 11 is 12.0. The zero-order valence-corrected chi connectivity index (χ0v) is 13.8. The van der Waals surface area contributed by atoms with Gasteiger partial charge < -0.3 is 5.11 Å². The van der Waals surface area contributed by atoms with E-state index in [-0.39, 0.29) is 18.7 Å². The Morgan fingerprint density at radius 2 is 2.17 bits per heavy atom. The van der Waals surface area contributed by atoms with Gasteiger partial charge in [0.15, 0.2) is 0 Å². The molecule has 1 aliphatic carbocycles. The highest BCUT2D eigenvalue weighted by Crippen LogP contribution is 2.42. The molecule has 0 aliphatic heterocycles. The number of aliphatic carboxylic acids is 1. The lowest BCUT2D eigenvalue weighted by Crippen LogP contribution is -2.27. The largest absolute Gasteiger partial charge is 0.478 e. The third-order valence-electron chi connectivity index (χ3n) is 3.88. The average molecular weight is 373 g/mol. The fraction of sp³-hybridized carbons (Fsp3) is 0.250. The molecular weight excluding hydrogens is 361 g/mol. The Hall–Kier alpha value is -1.92. The van der Waals surface area contributed by atoms with E-state index >= 15 is 0 Å². The van der Waals surface area contributed by atoms with Gasteiger partial charge in [-0.15, -0.1) is 0 Å². The monoisotopic (exact) mass is 372 g/mol. The van der Waals surface area contributed by atoms with Gasteiger partial charge in [0.2, 0.25) is 0 Å². The van der Waals surface area contributed by atoms with E-state index in [1.807, 2.05) is 0 Å². The van der Waals surface area contributed by atoms with Crippen LogP contribution >= 0.6 is 23.2 Å². The molecule has 126 valence electrons. The number of nitrogens with zero attached hydrogens (tertiary/aromatic N) is 2. The normalized spacial score (nSPS) is 17.8. The summed E-state index contributed by atoms with van der Waals surface area (Å²) in [5.41, 5.74) is 0.854. The lowest BCUT2D eigenvalue weighted by atomic mass is 9.89. The van der Waals surface area contributed by atoms with Crippen LogP contribution in [-0.2, 0) is 17.8 Å². The van der Waals surface area contributed by atoms with Crippen molar-refractivity contribution >= 4 is 34.7 Å². The molecule has 0 unspecified atom stereocenters. The zero-order valence-electron chi connectivity index (χ0n) is 12.3. The SMILES string of the molecule is O=C(O)C=C1c2c(cnn2Cc2ccc(Cl)cc2Cl)CCC1(F)F. The number of fused-ring (bicyclic) bond motifs is 1. The van der Waals surface area contributed by atoms with E-state index in [0.717, 1.165) is 0 Å². The van der Waals surface area contributed by atoms with Gasteiger partial charge >= 0.3 is 5.97 Å². The number of hydrogen-bond acceptors (Lipinski definition) is 2. The summed E-state index contributed by atoms with van der Waals surface area (Å²) in [5.74, 6) is -4.64. The Morgan fingerprint density at radius 3 is 2.83 bits per heavy atom. The molecule has 3 rings (SSSR count). The Morgan fingerprint density at radius 1 is 1.42 bits per heavy atom. The number of carboxylic acids is 1. The van der Waals surface area contributed by atoms with Crippen molar-refractivity contribution in [1.29, 1.82) is 0 Å². The summed E-state index contributed by atoms with van der Waals surface area (Å²) in [6, 6.07) is 4.87. The number of hydrogen-bond donors (Lipinski definition) is 1. The second-order valence-electron chi connectivity index (χ2n) is 5.51. The third-order valence-corrected chi connectivity index (χ3v) is 4.46. The molecule has 0 saturated heterocycles. The summed E-state index contributed by atoms with van der Waals surface area (Å²) in [5, 5.41) is 13.9. The van der Waals surface area contributed by atoms with E-state index in [9.17, 15) is 13.6 Å².